The molecule has 4 atom stereocenters. The molecule has 23 heteroatoms. The van der Waals surface area contributed by atoms with Crippen LogP contribution in [0.25, 0.3) is 0 Å². The van der Waals surface area contributed by atoms with Gasteiger partial charge in [0.1, 0.15) is 24.7 Å². The Balaban J connectivity index is -0.000000310. The molecular weight excluding hydrogens is 944 g/mol. The van der Waals surface area contributed by atoms with Gasteiger partial charge in [0.25, 0.3) is 0 Å². The van der Waals surface area contributed by atoms with E-state index in [0.29, 0.717) is 48.5 Å². The highest BCUT2D eigenvalue weighted by Gasteiger charge is 2.17. The number of aliphatic hydroxyl groups is 8. The summed E-state index contributed by atoms with van der Waals surface area (Å²) in [5, 5.41) is 74.4. The summed E-state index contributed by atoms with van der Waals surface area (Å²) in [5.41, 5.74) is 4.06. The van der Waals surface area contributed by atoms with Crippen molar-refractivity contribution in [3.05, 3.63) is 58.7 Å². The van der Waals surface area contributed by atoms with E-state index in [9.17, 15) is 30.0 Å². The van der Waals surface area contributed by atoms with Crippen molar-refractivity contribution in [3.63, 3.8) is 0 Å². The smallest absolute Gasteiger partial charge is 0.186 e. The third-order valence-electron chi connectivity index (χ3n) is 7.63. The topological polar surface area (TPSA) is 221 Å². The van der Waals surface area contributed by atoms with Gasteiger partial charge in [0.05, 0.1) is 50.8 Å². The van der Waals surface area contributed by atoms with Crippen LogP contribution < -0.4 is 9.47 Å². The number of carbonyl (C=O) groups excluding carboxylic acids is 2. The van der Waals surface area contributed by atoms with Crippen molar-refractivity contribution in [3.8, 4) is 11.5 Å². The highest BCUT2D eigenvalue weighted by molar-refractivity contribution is 8.13. The van der Waals surface area contributed by atoms with Crippen LogP contribution in [-0.2, 0) is 32.6 Å². The van der Waals surface area contributed by atoms with Crippen molar-refractivity contribution >= 4 is 125 Å². The fourth-order valence-corrected chi connectivity index (χ4v) is 6.71. The Morgan fingerprint density at radius 3 is 1.22 bits per heavy atom. The molecule has 0 aliphatic heterocycles. The first-order valence-corrected chi connectivity index (χ1v) is 20.6. The summed E-state index contributed by atoms with van der Waals surface area (Å²) < 4.78 is 11.5. The number of thiol groups is 2. The van der Waals surface area contributed by atoms with E-state index in [-0.39, 0.29) is 123 Å². The molecule has 0 saturated carbocycles. The lowest BCUT2D eigenvalue weighted by atomic mass is 10.1. The molecule has 0 spiro atoms. The van der Waals surface area contributed by atoms with E-state index < -0.39 is 37.6 Å². The van der Waals surface area contributed by atoms with E-state index in [1.807, 2.05) is 30.3 Å². The molecule has 0 amide bonds. The van der Waals surface area contributed by atoms with E-state index in [4.69, 9.17) is 29.9 Å². The fourth-order valence-electron chi connectivity index (χ4n) is 4.84. The van der Waals surface area contributed by atoms with Gasteiger partial charge in [0, 0.05) is 76.1 Å². The summed E-state index contributed by atoms with van der Waals surface area (Å²) in [5.74, 6) is 3.57. The molecule has 14 nitrogen and oxygen atoms in total. The minimum absolute atomic E-state index is 0. The molecule has 0 aromatic heterocycles. The van der Waals surface area contributed by atoms with E-state index in [1.54, 1.807) is 15.9 Å². The fraction of sp³-hybridized carbons (Fsp3) is 0.611. The Morgan fingerprint density at radius 1 is 0.576 bits per heavy atom. The van der Waals surface area contributed by atoms with Gasteiger partial charge in [-0.1, -0.05) is 35.7 Å². The molecule has 2 rings (SSSR count). The second kappa shape index (κ2) is 40.8. The van der Waals surface area contributed by atoms with Crippen LogP contribution in [-0.4, -0.2) is 164 Å². The predicted octanol–water partition coefficient (Wildman–Crippen LogP) is 1.44. The minimum atomic E-state index is -0.954. The van der Waals surface area contributed by atoms with Crippen LogP contribution >= 0.6 is 115 Å². The van der Waals surface area contributed by atoms with Crippen molar-refractivity contribution in [1.29, 1.82) is 0 Å². The van der Waals surface area contributed by atoms with Crippen molar-refractivity contribution < 1.29 is 59.9 Å². The molecule has 348 valence electrons. The number of aliphatic hydroxyl groups excluding tert-OH is 8. The molecule has 0 heterocycles. The van der Waals surface area contributed by atoms with Gasteiger partial charge in [0.15, 0.2) is 10.2 Å². The number of nitrogens with zero attached hydrogens (tertiary/aromatic N) is 2. The van der Waals surface area contributed by atoms with E-state index in [0.717, 1.165) is 28.0 Å². The molecule has 2 aromatic carbocycles. The molecule has 0 saturated heterocycles. The van der Waals surface area contributed by atoms with Crippen molar-refractivity contribution in [2.45, 2.75) is 61.3 Å². The van der Waals surface area contributed by atoms with Crippen LogP contribution in [0.2, 0.25) is 0 Å². The number of ether oxygens (including phenoxy) is 2. The van der Waals surface area contributed by atoms with Gasteiger partial charge < -0.3 is 50.3 Å². The van der Waals surface area contributed by atoms with Crippen LogP contribution in [0.4, 0.5) is 0 Å². The maximum absolute atomic E-state index is 11.3. The number of halogens is 1. The summed E-state index contributed by atoms with van der Waals surface area (Å²) in [6, 6.07) is 11.3. The average Bonchev–Trinajstić information content (AvgIpc) is 3.16. The van der Waals surface area contributed by atoms with Crippen molar-refractivity contribution in [1.82, 2.24) is 9.80 Å². The van der Waals surface area contributed by atoms with Crippen LogP contribution in [0.5, 0.6) is 11.5 Å². The Morgan fingerprint density at radius 2 is 0.898 bits per heavy atom. The third kappa shape index (κ3) is 31.5. The molecule has 8 N–H and O–H groups in total. The van der Waals surface area contributed by atoms with E-state index in [2.05, 4.69) is 25.3 Å². The van der Waals surface area contributed by atoms with Crippen molar-refractivity contribution in [2.75, 3.05) is 78.9 Å². The maximum Gasteiger partial charge on any atom is 0.186 e. The summed E-state index contributed by atoms with van der Waals surface area (Å²) in [6.45, 7) is 3.58. The number of rotatable bonds is 26. The Hall–Kier alpha value is 0.0700. The van der Waals surface area contributed by atoms with Gasteiger partial charge in [-0.3, -0.25) is 19.4 Å². The number of hydrogen-bond donors (Lipinski definition) is 10. The third-order valence-corrected chi connectivity index (χ3v) is 10.0. The molecule has 0 bridgehead atoms. The Kier molecular flexibility index (Phi) is 47.1. The quantitative estimate of drug-likeness (QED) is 0.0603. The van der Waals surface area contributed by atoms with E-state index in [1.165, 1.54) is 37.4 Å². The second-order valence-corrected chi connectivity index (χ2v) is 15.2. The molecule has 0 unspecified atom stereocenters. The lowest BCUT2D eigenvalue weighted by Gasteiger charge is -2.26. The second-order valence-electron chi connectivity index (χ2n) is 12.3. The molecule has 59 heavy (non-hydrogen) atoms. The molecule has 0 aliphatic carbocycles. The average molecular weight is 1010 g/mol. The van der Waals surface area contributed by atoms with Crippen LogP contribution in [0.15, 0.2) is 36.4 Å². The lowest BCUT2D eigenvalue weighted by molar-refractivity contribution is -0.109. The number of benzene rings is 2. The molecule has 0 fully saturated rings. The number of thioether (sulfide) groups is 2. The zero-order valence-corrected chi connectivity index (χ0v) is 41.5. The normalized spacial score (nSPS) is 12.4. The summed E-state index contributed by atoms with van der Waals surface area (Å²) >= 11 is 11.0. The van der Waals surface area contributed by atoms with E-state index >= 15 is 0 Å². The van der Waals surface area contributed by atoms with Crippen molar-refractivity contribution in [2.24, 2.45) is 0 Å². The maximum atomic E-state index is 11.3. The van der Waals surface area contributed by atoms with Crippen LogP contribution in [0.3, 0.4) is 0 Å². The van der Waals surface area contributed by atoms with Gasteiger partial charge in [-0.25, -0.2) is 0 Å². The standard InChI is InChI=1S/C20H31NO7S2.C16H27NO5S2.ClH.4H2S/c1-14(24)29-12-16-3-4-20(7-17(16)13-30-15(2)25)28-6-5-21(8-18(26)10-22)9-19(27)11-23;18-8-14(20)6-17(7-15(21)9-19)3-4-22-16-2-1-12(10-23)13(5-16)11-24;;;;;/h3-4,7,18-19,22-23,26-27H,5-6,8-13H2,1-2H3;1-2,5,14-15,18-21,23-24H,3-4,6-11H2;1H;4*1H2/t18-,19-;14-,15-;;;;;/m00...../s1. The highest BCUT2D eigenvalue weighted by atomic mass is 35.5. The number of hydrogen-bond acceptors (Lipinski definition) is 18. The predicted molar refractivity (Wildman–Crippen MR) is 267 cm³/mol. The Bertz CT molecular complexity index is 1340. The summed E-state index contributed by atoms with van der Waals surface area (Å²) in [4.78, 5) is 26.1. The first-order chi connectivity index (χ1) is 25.8. The Labute approximate surface area is 402 Å². The zero-order chi connectivity index (χ0) is 40.5. The first-order valence-electron chi connectivity index (χ1n) is 17.4. The first kappa shape index (κ1) is 68.1. The zero-order valence-electron chi connectivity index (χ0n) is 33.3. The molecular formula is C36H67ClN2O12S8. The molecule has 0 radical (unpaired) electrons. The van der Waals surface area contributed by atoms with Gasteiger partial charge >= 0.3 is 0 Å². The molecule has 0 aliphatic rings. The monoisotopic (exact) mass is 1010 g/mol. The summed E-state index contributed by atoms with van der Waals surface area (Å²) in [7, 11) is 0. The molecule has 2 aromatic rings. The summed E-state index contributed by atoms with van der Waals surface area (Å²) in [6.07, 6.45) is -3.71. The van der Waals surface area contributed by atoms with Gasteiger partial charge in [-0.2, -0.15) is 79.2 Å². The van der Waals surface area contributed by atoms with Gasteiger partial charge in [0.2, 0.25) is 0 Å². The van der Waals surface area contributed by atoms with Gasteiger partial charge in [-0.15, -0.1) is 12.4 Å². The minimum Gasteiger partial charge on any atom is -0.492 e. The van der Waals surface area contributed by atoms with Crippen LogP contribution in [0.1, 0.15) is 36.1 Å². The number of carbonyl (C=O) groups is 2. The lowest BCUT2D eigenvalue weighted by Crippen LogP contribution is -2.42. The van der Waals surface area contributed by atoms with Crippen LogP contribution in [0, 0.1) is 0 Å². The largest absolute Gasteiger partial charge is 0.492 e. The SMILES string of the molecule is CC(=O)SCc1ccc(OCCN(C[C@H](O)CO)C[C@H](O)CO)cc1CSC(C)=O.Cl.OC[C@@H](O)CN(CCOc1ccc(CS)c(CS)c1)C[C@H](O)CO.S.S.S.S. The highest BCUT2D eigenvalue weighted by Crippen LogP contribution is 2.26. The van der Waals surface area contributed by atoms with Gasteiger partial charge in [-0.05, 0) is 46.5 Å².